The Kier molecular flexibility index (Phi) is 11.2. The third-order valence-corrected chi connectivity index (χ3v) is 11.8. The Morgan fingerprint density at radius 2 is 1.69 bits per heavy atom. The Labute approximate surface area is 285 Å². The van der Waals surface area contributed by atoms with Gasteiger partial charge in [0.1, 0.15) is 23.6 Å². The number of carbonyl (C=O) groups excluding carboxylic acids is 4. The molecule has 9 atom stereocenters. The van der Waals surface area contributed by atoms with Crippen LogP contribution in [0, 0.1) is 29.6 Å². The van der Waals surface area contributed by atoms with Crippen molar-refractivity contribution in [3.63, 3.8) is 0 Å². The van der Waals surface area contributed by atoms with Gasteiger partial charge in [0.15, 0.2) is 5.60 Å². The van der Waals surface area contributed by atoms with Crippen LogP contribution >= 0.6 is 0 Å². The molecule has 2 aliphatic heterocycles. The van der Waals surface area contributed by atoms with E-state index < -0.39 is 58.6 Å². The molecule has 0 N–H and O–H groups in total. The van der Waals surface area contributed by atoms with E-state index >= 15 is 0 Å². The van der Waals surface area contributed by atoms with Gasteiger partial charge in [0.05, 0.1) is 23.2 Å². The SMILES string of the molecule is CC[C@H]1OC(=O)[C@H](C)C(=O)[C@H](C)[C@@H](C)[C@](C)(OC)C[C@@H](C)C(=O)[C@H](C)C2(C)N(CCCCn3cnc(-c4cccnc4)c3)C(=O)O[C@]12C. The fraction of sp³-hybridized carbons (Fsp3) is 0.676. The van der Waals surface area contributed by atoms with Crippen molar-refractivity contribution in [2.75, 3.05) is 13.7 Å². The third kappa shape index (κ3) is 6.67. The Morgan fingerprint density at radius 1 is 1.00 bits per heavy atom. The Hall–Kier alpha value is -3.60. The van der Waals surface area contributed by atoms with Gasteiger partial charge >= 0.3 is 12.1 Å². The molecule has 48 heavy (non-hydrogen) atoms. The number of carbonyl (C=O) groups is 4. The van der Waals surface area contributed by atoms with E-state index in [9.17, 15) is 19.2 Å². The summed E-state index contributed by atoms with van der Waals surface area (Å²) in [5.74, 6) is -3.93. The highest BCUT2D eigenvalue weighted by molar-refractivity contribution is 6.00. The lowest BCUT2D eigenvalue weighted by Gasteiger charge is -2.49. The molecule has 11 heteroatoms. The molecule has 0 aliphatic carbocycles. The molecule has 264 valence electrons. The summed E-state index contributed by atoms with van der Waals surface area (Å²) in [5.41, 5.74) is -1.59. The number of fused-ring (bicyclic) bond motifs is 1. The van der Waals surface area contributed by atoms with Crippen LogP contribution in [-0.2, 0) is 35.1 Å². The molecule has 0 bridgehead atoms. The number of ketones is 2. The molecule has 1 amide bonds. The van der Waals surface area contributed by atoms with Crippen molar-refractivity contribution in [2.24, 2.45) is 29.6 Å². The number of methoxy groups -OCH3 is 1. The van der Waals surface area contributed by atoms with Gasteiger partial charge in [-0.05, 0) is 71.4 Å². The average Bonchev–Trinajstić information content (AvgIpc) is 3.63. The summed E-state index contributed by atoms with van der Waals surface area (Å²) in [4.78, 5) is 65.7. The van der Waals surface area contributed by atoms with Crippen molar-refractivity contribution in [1.82, 2.24) is 19.4 Å². The molecule has 2 aromatic rings. The number of pyridine rings is 1. The Balaban J connectivity index is 1.65. The zero-order valence-electron chi connectivity index (χ0n) is 30.3. The molecule has 0 saturated carbocycles. The van der Waals surface area contributed by atoms with Gasteiger partial charge in [-0.15, -0.1) is 0 Å². The molecule has 2 aromatic heterocycles. The van der Waals surface area contributed by atoms with Gasteiger partial charge in [-0.3, -0.25) is 24.3 Å². The molecule has 0 radical (unpaired) electrons. The zero-order valence-corrected chi connectivity index (χ0v) is 30.3. The summed E-state index contributed by atoms with van der Waals surface area (Å²) < 4.78 is 20.3. The second kappa shape index (κ2) is 14.5. The number of rotatable bonds is 8. The van der Waals surface area contributed by atoms with Gasteiger partial charge < -0.3 is 18.8 Å². The van der Waals surface area contributed by atoms with Crippen molar-refractivity contribution >= 4 is 23.6 Å². The number of nitrogens with zero attached hydrogens (tertiary/aromatic N) is 4. The predicted molar refractivity (Wildman–Crippen MR) is 181 cm³/mol. The van der Waals surface area contributed by atoms with E-state index in [0.717, 1.165) is 17.7 Å². The molecule has 2 saturated heterocycles. The molecule has 4 heterocycles. The standard InChI is InChI=1S/C37H54N4O7/c1-11-30-37(9)36(8,41(34(45)48-37)18-13-12-17-40-21-29(39-22-40)28-15-14-16-38-20-28)27(6)31(42)23(2)19-35(7,46-10)26(5)24(3)32(43)25(4)33(44)47-30/h14-16,20-27,30H,11-13,17-19H2,1-10H3/t23-,24-,25-,26-,27+,30-,35-,36?,37-/m1/s1. The Bertz CT molecular complexity index is 1480. The zero-order chi connectivity index (χ0) is 35.6. The van der Waals surface area contributed by atoms with Crippen molar-refractivity contribution in [3.05, 3.63) is 37.1 Å². The highest BCUT2D eigenvalue weighted by Crippen LogP contribution is 2.50. The number of aryl methyl sites for hydroxylation is 1. The maximum absolute atomic E-state index is 14.4. The third-order valence-electron chi connectivity index (χ3n) is 11.8. The number of ether oxygens (including phenoxy) is 3. The van der Waals surface area contributed by atoms with Gasteiger partial charge in [0.2, 0.25) is 0 Å². The Morgan fingerprint density at radius 3 is 2.31 bits per heavy atom. The maximum atomic E-state index is 14.4. The van der Waals surface area contributed by atoms with Crippen molar-refractivity contribution < 1.29 is 33.4 Å². The van der Waals surface area contributed by atoms with Gasteiger partial charge in [-0.2, -0.15) is 0 Å². The summed E-state index contributed by atoms with van der Waals surface area (Å²) in [7, 11) is 1.59. The lowest BCUT2D eigenvalue weighted by Crippen LogP contribution is -2.66. The first-order valence-electron chi connectivity index (χ1n) is 17.3. The highest BCUT2D eigenvalue weighted by Gasteiger charge is 2.67. The monoisotopic (exact) mass is 666 g/mol. The van der Waals surface area contributed by atoms with Crippen LogP contribution in [0.2, 0.25) is 0 Å². The lowest BCUT2D eigenvalue weighted by molar-refractivity contribution is -0.178. The first-order chi connectivity index (χ1) is 22.5. The topological polar surface area (TPSA) is 130 Å². The van der Waals surface area contributed by atoms with Gasteiger partial charge in [0, 0.05) is 62.1 Å². The second-order valence-corrected chi connectivity index (χ2v) is 14.5. The largest absolute Gasteiger partial charge is 0.457 e. The van der Waals surface area contributed by atoms with E-state index in [2.05, 4.69) is 9.97 Å². The molecule has 4 rings (SSSR count). The quantitative estimate of drug-likeness (QED) is 0.185. The fourth-order valence-corrected chi connectivity index (χ4v) is 7.87. The number of esters is 1. The minimum atomic E-state index is -1.37. The van der Waals surface area contributed by atoms with Crippen molar-refractivity contribution in [2.45, 2.75) is 117 Å². The maximum Gasteiger partial charge on any atom is 0.411 e. The van der Waals surface area contributed by atoms with Crippen LogP contribution in [0.1, 0.15) is 88.0 Å². The molecule has 2 fully saturated rings. The molecular formula is C37H54N4O7. The van der Waals surface area contributed by atoms with Crippen LogP contribution in [-0.4, -0.2) is 79.6 Å². The van der Waals surface area contributed by atoms with Crippen molar-refractivity contribution in [1.29, 1.82) is 0 Å². The molecule has 0 spiro atoms. The van der Waals surface area contributed by atoms with Crippen LogP contribution in [0.4, 0.5) is 4.79 Å². The summed E-state index contributed by atoms with van der Waals surface area (Å²) in [6.07, 6.45) is 7.88. The number of imidazole rings is 1. The molecular weight excluding hydrogens is 612 g/mol. The number of Topliss-reactive ketones (excluding diaryl/α,β-unsaturated/α-hetero) is 2. The minimum Gasteiger partial charge on any atom is -0.457 e. The van der Waals surface area contributed by atoms with Crippen LogP contribution in [0.3, 0.4) is 0 Å². The smallest absolute Gasteiger partial charge is 0.411 e. The predicted octanol–water partition coefficient (Wildman–Crippen LogP) is 6.14. The van der Waals surface area contributed by atoms with Crippen LogP contribution in [0.15, 0.2) is 37.1 Å². The lowest BCUT2D eigenvalue weighted by atomic mass is 9.65. The minimum absolute atomic E-state index is 0.0468. The average molecular weight is 667 g/mol. The van der Waals surface area contributed by atoms with Crippen LogP contribution in [0.25, 0.3) is 11.3 Å². The van der Waals surface area contributed by atoms with Crippen LogP contribution in [0.5, 0.6) is 0 Å². The number of aromatic nitrogens is 3. The normalized spacial score (nSPS) is 35.2. The molecule has 11 nitrogen and oxygen atoms in total. The first kappa shape index (κ1) is 37.2. The molecule has 0 aromatic carbocycles. The first-order valence-corrected chi connectivity index (χ1v) is 17.3. The van der Waals surface area contributed by atoms with Crippen LogP contribution < -0.4 is 0 Å². The van der Waals surface area contributed by atoms with Gasteiger partial charge in [-0.1, -0.05) is 34.6 Å². The molecule has 2 aliphatic rings. The number of hydrogen-bond donors (Lipinski definition) is 0. The van der Waals surface area contributed by atoms with E-state index in [1.54, 1.807) is 51.5 Å². The number of cyclic esters (lactones) is 1. The summed E-state index contributed by atoms with van der Waals surface area (Å²) in [6, 6.07) is 3.83. The fourth-order valence-electron chi connectivity index (χ4n) is 7.87. The summed E-state index contributed by atoms with van der Waals surface area (Å²) in [6.45, 7) is 17.5. The van der Waals surface area contributed by atoms with E-state index in [1.807, 2.05) is 64.4 Å². The number of amides is 1. The van der Waals surface area contributed by atoms with Gasteiger partial charge in [0.25, 0.3) is 0 Å². The highest BCUT2D eigenvalue weighted by atomic mass is 16.6. The van der Waals surface area contributed by atoms with Gasteiger partial charge in [-0.25, -0.2) is 9.78 Å². The van der Waals surface area contributed by atoms with E-state index in [1.165, 1.54) is 0 Å². The van der Waals surface area contributed by atoms with E-state index in [0.29, 0.717) is 32.4 Å². The molecule has 1 unspecified atom stereocenters. The summed E-state index contributed by atoms with van der Waals surface area (Å²) in [5, 5.41) is 0. The van der Waals surface area contributed by atoms with Crippen molar-refractivity contribution in [3.8, 4) is 11.3 Å². The second-order valence-electron chi connectivity index (χ2n) is 14.5. The summed E-state index contributed by atoms with van der Waals surface area (Å²) >= 11 is 0. The number of unbranched alkanes of at least 4 members (excludes halogenated alkanes) is 1. The van der Waals surface area contributed by atoms with E-state index in [-0.39, 0.29) is 17.5 Å². The number of hydrogen-bond acceptors (Lipinski definition) is 9. The van der Waals surface area contributed by atoms with E-state index in [4.69, 9.17) is 14.2 Å².